The fourth-order valence-corrected chi connectivity index (χ4v) is 3.13. The van der Waals surface area contributed by atoms with Gasteiger partial charge in [-0.15, -0.1) is 23.7 Å². The van der Waals surface area contributed by atoms with Crippen LogP contribution in [0.3, 0.4) is 0 Å². The van der Waals surface area contributed by atoms with Crippen molar-refractivity contribution in [3.63, 3.8) is 0 Å². The lowest BCUT2D eigenvalue weighted by Crippen LogP contribution is -2.42. The number of halogens is 1. The van der Waals surface area contributed by atoms with Gasteiger partial charge in [-0.2, -0.15) is 0 Å². The number of likely N-dealkylation sites (tertiary alicyclic amines) is 1. The molecule has 1 saturated carbocycles. The summed E-state index contributed by atoms with van der Waals surface area (Å²) in [5, 5.41) is 3.73. The quantitative estimate of drug-likeness (QED) is 0.902. The molecule has 1 aliphatic heterocycles. The van der Waals surface area contributed by atoms with Gasteiger partial charge < -0.3 is 5.32 Å². The highest BCUT2D eigenvalue weighted by Crippen LogP contribution is 2.28. The van der Waals surface area contributed by atoms with Gasteiger partial charge in [0.15, 0.2) is 0 Å². The van der Waals surface area contributed by atoms with E-state index in [1.807, 2.05) is 11.7 Å². The molecule has 0 unspecified atom stereocenters. The van der Waals surface area contributed by atoms with Crippen molar-refractivity contribution >= 4 is 23.7 Å². The SMILES string of the molecule is Cl.c1ncc(CN2CCC(NCC3CC3)CC2)s1. The molecule has 0 spiro atoms. The van der Waals surface area contributed by atoms with E-state index < -0.39 is 0 Å². The van der Waals surface area contributed by atoms with Gasteiger partial charge in [-0.05, 0) is 38.1 Å². The molecule has 2 heterocycles. The van der Waals surface area contributed by atoms with Crippen LogP contribution in [0.25, 0.3) is 0 Å². The van der Waals surface area contributed by atoms with Crippen LogP contribution in [-0.4, -0.2) is 35.6 Å². The van der Waals surface area contributed by atoms with Crippen molar-refractivity contribution in [2.75, 3.05) is 19.6 Å². The van der Waals surface area contributed by atoms with Crippen LogP contribution in [0.15, 0.2) is 11.7 Å². The van der Waals surface area contributed by atoms with Gasteiger partial charge >= 0.3 is 0 Å². The predicted octanol–water partition coefficient (Wildman–Crippen LogP) is 2.53. The van der Waals surface area contributed by atoms with Crippen LogP contribution in [0, 0.1) is 5.92 Å². The third-order valence-electron chi connectivity index (χ3n) is 3.84. The van der Waals surface area contributed by atoms with E-state index in [9.17, 15) is 0 Å². The lowest BCUT2D eigenvalue weighted by molar-refractivity contribution is 0.191. The molecule has 0 bridgehead atoms. The van der Waals surface area contributed by atoms with Crippen molar-refractivity contribution in [1.82, 2.24) is 15.2 Å². The average molecular weight is 288 g/mol. The third-order valence-corrected chi connectivity index (χ3v) is 4.61. The minimum atomic E-state index is 0. The molecule has 1 aromatic heterocycles. The van der Waals surface area contributed by atoms with E-state index >= 15 is 0 Å². The number of aromatic nitrogens is 1. The maximum absolute atomic E-state index is 4.14. The standard InChI is InChI=1S/C13H21N3S.ClH/c1-2-11(1)7-15-12-3-5-16(6-4-12)9-13-8-14-10-17-13;/h8,10-12,15H,1-7,9H2;1H. The second-order valence-electron chi connectivity index (χ2n) is 5.37. The maximum atomic E-state index is 4.14. The highest BCUT2D eigenvalue weighted by molar-refractivity contribution is 7.09. The number of hydrogen-bond acceptors (Lipinski definition) is 4. The monoisotopic (exact) mass is 287 g/mol. The van der Waals surface area contributed by atoms with Crippen molar-refractivity contribution in [1.29, 1.82) is 0 Å². The summed E-state index contributed by atoms with van der Waals surface area (Å²) in [7, 11) is 0. The van der Waals surface area contributed by atoms with Crippen LogP contribution in [0.1, 0.15) is 30.6 Å². The van der Waals surface area contributed by atoms with Crippen molar-refractivity contribution < 1.29 is 0 Å². The van der Waals surface area contributed by atoms with Crippen molar-refractivity contribution in [3.8, 4) is 0 Å². The Morgan fingerprint density at radius 2 is 2.06 bits per heavy atom. The Kier molecular flexibility index (Phi) is 5.42. The molecular formula is C13H22ClN3S. The summed E-state index contributed by atoms with van der Waals surface area (Å²) in [6, 6.07) is 0.772. The molecule has 1 aromatic rings. The largest absolute Gasteiger partial charge is 0.314 e. The molecule has 2 aliphatic rings. The minimum Gasteiger partial charge on any atom is -0.314 e. The van der Waals surface area contributed by atoms with Gasteiger partial charge in [-0.1, -0.05) is 0 Å². The minimum absolute atomic E-state index is 0. The van der Waals surface area contributed by atoms with E-state index in [1.54, 1.807) is 11.3 Å². The summed E-state index contributed by atoms with van der Waals surface area (Å²) in [6.45, 7) is 4.83. The van der Waals surface area contributed by atoms with Crippen LogP contribution < -0.4 is 5.32 Å². The number of hydrogen-bond donors (Lipinski definition) is 1. The molecule has 3 nitrogen and oxygen atoms in total. The number of rotatable bonds is 5. The van der Waals surface area contributed by atoms with Gasteiger partial charge in [-0.3, -0.25) is 9.88 Å². The molecule has 5 heteroatoms. The molecule has 1 N–H and O–H groups in total. The smallest absolute Gasteiger partial charge is 0.0794 e. The van der Waals surface area contributed by atoms with E-state index in [4.69, 9.17) is 0 Å². The average Bonchev–Trinajstić information content (AvgIpc) is 3.05. The molecule has 18 heavy (non-hydrogen) atoms. The van der Waals surface area contributed by atoms with Crippen molar-refractivity contribution in [2.45, 2.75) is 38.3 Å². The van der Waals surface area contributed by atoms with Gasteiger partial charge in [-0.25, -0.2) is 0 Å². The van der Waals surface area contributed by atoms with Gasteiger partial charge in [0.1, 0.15) is 0 Å². The van der Waals surface area contributed by atoms with Crippen LogP contribution in [0.5, 0.6) is 0 Å². The van der Waals surface area contributed by atoms with Gasteiger partial charge in [0.05, 0.1) is 5.51 Å². The molecule has 1 saturated heterocycles. The Morgan fingerprint density at radius 3 is 2.67 bits per heavy atom. The fourth-order valence-electron chi connectivity index (χ4n) is 2.49. The lowest BCUT2D eigenvalue weighted by Gasteiger charge is -2.32. The Morgan fingerprint density at radius 1 is 1.28 bits per heavy atom. The summed E-state index contributed by atoms with van der Waals surface area (Å²) < 4.78 is 0. The summed E-state index contributed by atoms with van der Waals surface area (Å²) in [4.78, 5) is 8.09. The van der Waals surface area contributed by atoms with Crippen molar-refractivity contribution in [3.05, 3.63) is 16.6 Å². The molecular weight excluding hydrogens is 266 g/mol. The van der Waals surface area contributed by atoms with Crippen LogP contribution >= 0.6 is 23.7 Å². The topological polar surface area (TPSA) is 28.2 Å². The highest BCUT2D eigenvalue weighted by atomic mass is 35.5. The molecule has 1 aliphatic carbocycles. The first-order valence-electron chi connectivity index (χ1n) is 6.73. The second kappa shape index (κ2) is 6.85. The van der Waals surface area contributed by atoms with E-state index in [1.165, 1.54) is 50.2 Å². The summed E-state index contributed by atoms with van der Waals surface area (Å²) in [5.74, 6) is 1.00. The Bertz CT molecular complexity index is 332. The summed E-state index contributed by atoms with van der Waals surface area (Å²) in [6.07, 6.45) is 7.54. The third kappa shape index (κ3) is 4.19. The highest BCUT2D eigenvalue weighted by Gasteiger charge is 2.24. The molecule has 0 radical (unpaired) electrons. The number of thiazole rings is 1. The van der Waals surface area contributed by atoms with E-state index in [0.29, 0.717) is 0 Å². The molecule has 3 rings (SSSR count). The Balaban J connectivity index is 0.00000120. The number of nitrogens with zero attached hydrogens (tertiary/aromatic N) is 2. The molecule has 0 amide bonds. The van der Waals surface area contributed by atoms with E-state index in [0.717, 1.165) is 18.5 Å². The fraction of sp³-hybridized carbons (Fsp3) is 0.769. The van der Waals surface area contributed by atoms with Gasteiger partial charge in [0.2, 0.25) is 0 Å². The Labute approximate surface area is 119 Å². The van der Waals surface area contributed by atoms with Crippen LogP contribution in [0.2, 0.25) is 0 Å². The predicted molar refractivity (Wildman–Crippen MR) is 78.4 cm³/mol. The first-order chi connectivity index (χ1) is 8.40. The van der Waals surface area contributed by atoms with Gasteiger partial charge in [0.25, 0.3) is 0 Å². The zero-order valence-electron chi connectivity index (χ0n) is 10.7. The van der Waals surface area contributed by atoms with E-state index in [2.05, 4.69) is 15.2 Å². The molecule has 2 fully saturated rings. The zero-order valence-corrected chi connectivity index (χ0v) is 12.3. The zero-order chi connectivity index (χ0) is 11.5. The van der Waals surface area contributed by atoms with E-state index in [-0.39, 0.29) is 12.4 Å². The van der Waals surface area contributed by atoms with Crippen molar-refractivity contribution in [2.24, 2.45) is 5.92 Å². The molecule has 102 valence electrons. The maximum Gasteiger partial charge on any atom is 0.0794 e. The first-order valence-corrected chi connectivity index (χ1v) is 7.61. The lowest BCUT2D eigenvalue weighted by atomic mass is 10.0. The first kappa shape index (κ1) is 14.3. The van der Waals surface area contributed by atoms with Gasteiger partial charge in [0, 0.05) is 36.8 Å². The van der Waals surface area contributed by atoms with Crippen LogP contribution in [0.4, 0.5) is 0 Å². The van der Waals surface area contributed by atoms with Crippen LogP contribution in [-0.2, 0) is 6.54 Å². The number of piperidine rings is 1. The summed E-state index contributed by atoms with van der Waals surface area (Å²) >= 11 is 1.77. The molecule has 0 atom stereocenters. The number of nitrogens with one attached hydrogen (secondary N) is 1. The molecule has 0 aromatic carbocycles. The Hall–Kier alpha value is -0.160. The second-order valence-corrected chi connectivity index (χ2v) is 6.34. The normalized spacial score (nSPS) is 21.8. The summed E-state index contributed by atoms with van der Waals surface area (Å²) in [5.41, 5.74) is 1.93.